The SMILES string of the molecule is Cc1cccn(Cc2ccc(C(N)=S)cc2F)c1=O. The second-order valence-electron chi connectivity index (χ2n) is 4.29. The van der Waals surface area contributed by atoms with Crippen LogP contribution in [0.3, 0.4) is 0 Å². The van der Waals surface area contributed by atoms with E-state index in [9.17, 15) is 9.18 Å². The number of thiocarbonyl (C=S) groups is 1. The van der Waals surface area contributed by atoms with Crippen molar-refractivity contribution in [2.24, 2.45) is 5.73 Å². The molecule has 0 fully saturated rings. The number of aryl methyl sites for hydroxylation is 1. The number of hydrogen-bond acceptors (Lipinski definition) is 2. The van der Waals surface area contributed by atoms with E-state index in [2.05, 4.69) is 0 Å². The fraction of sp³-hybridized carbons (Fsp3) is 0.143. The van der Waals surface area contributed by atoms with Crippen molar-refractivity contribution in [1.29, 1.82) is 0 Å². The fourth-order valence-electron chi connectivity index (χ4n) is 1.79. The van der Waals surface area contributed by atoms with Crippen molar-refractivity contribution in [2.45, 2.75) is 13.5 Å². The molecule has 0 aliphatic rings. The van der Waals surface area contributed by atoms with Crippen LogP contribution in [0, 0.1) is 12.7 Å². The summed E-state index contributed by atoms with van der Waals surface area (Å²) in [6.07, 6.45) is 1.64. The molecule has 19 heavy (non-hydrogen) atoms. The van der Waals surface area contributed by atoms with Crippen LogP contribution in [0.2, 0.25) is 0 Å². The Hall–Kier alpha value is -2.01. The van der Waals surface area contributed by atoms with Crippen LogP contribution < -0.4 is 11.3 Å². The quantitative estimate of drug-likeness (QED) is 0.872. The Bertz CT molecular complexity index is 694. The van der Waals surface area contributed by atoms with Gasteiger partial charge in [-0.05, 0) is 19.1 Å². The van der Waals surface area contributed by atoms with Crippen LogP contribution in [0.4, 0.5) is 4.39 Å². The zero-order valence-corrected chi connectivity index (χ0v) is 11.2. The Morgan fingerprint density at radius 2 is 2.16 bits per heavy atom. The summed E-state index contributed by atoms with van der Waals surface area (Å²) >= 11 is 4.79. The van der Waals surface area contributed by atoms with E-state index in [1.165, 1.54) is 10.6 Å². The summed E-state index contributed by atoms with van der Waals surface area (Å²) in [4.78, 5) is 12.0. The molecule has 2 rings (SSSR count). The number of halogens is 1. The van der Waals surface area contributed by atoms with Crippen LogP contribution in [-0.4, -0.2) is 9.56 Å². The molecule has 98 valence electrons. The van der Waals surface area contributed by atoms with Crippen molar-refractivity contribution in [3.63, 3.8) is 0 Å². The van der Waals surface area contributed by atoms with E-state index in [1.54, 1.807) is 37.4 Å². The van der Waals surface area contributed by atoms with Crippen molar-refractivity contribution in [2.75, 3.05) is 0 Å². The average Bonchev–Trinajstić information content (AvgIpc) is 2.37. The first-order chi connectivity index (χ1) is 8.99. The molecule has 0 bridgehead atoms. The minimum absolute atomic E-state index is 0.125. The molecular formula is C14H13FN2OS. The third-order valence-electron chi connectivity index (χ3n) is 2.89. The lowest BCUT2D eigenvalue weighted by Gasteiger charge is -2.08. The lowest BCUT2D eigenvalue weighted by Crippen LogP contribution is -2.22. The predicted octanol–water partition coefficient (Wildman–Crippen LogP) is 1.98. The number of nitrogens with zero attached hydrogens (tertiary/aromatic N) is 1. The van der Waals surface area contributed by atoms with E-state index in [4.69, 9.17) is 18.0 Å². The zero-order chi connectivity index (χ0) is 14.0. The first kappa shape index (κ1) is 13.4. The zero-order valence-electron chi connectivity index (χ0n) is 10.4. The standard InChI is InChI=1S/C14H13FN2OS/c1-9-3-2-6-17(14(9)18)8-11-5-4-10(13(16)19)7-12(11)15/h2-7H,8H2,1H3,(H2,16,19). The molecule has 1 heterocycles. The molecule has 5 heteroatoms. The molecule has 0 saturated carbocycles. The highest BCUT2D eigenvalue weighted by Gasteiger charge is 2.07. The number of pyridine rings is 1. The van der Waals surface area contributed by atoms with Crippen molar-refractivity contribution >= 4 is 17.2 Å². The highest BCUT2D eigenvalue weighted by Crippen LogP contribution is 2.11. The minimum Gasteiger partial charge on any atom is -0.389 e. The van der Waals surface area contributed by atoms with Gasteiger partial charge in [-0.2, -0.15) is 0 Å². The van der Waals surface area contributed by atoms with Gasteiger partial charge in [0.1, 0.15) is 10.8 Å². The van der Waals surface area contributed by atoms with Gasteiger partial charge < -0.3 is 10.3 Å². The molecule has 0 spiro atoms. The maximum atomic E-state index is 13.9. The van der Waals surface area contributed by atoms with Gasteiger partial charge >= 0.3 is 0 Å². The topological polar surface area (TPSA) is 48.0 Å². The monoisotopic (exact) mass is 276 g/mol. The molecule has 0 aliphatic carbocycles. The van der Waals surface area contributed by atoms with E-state index < -0.39 is 5.82 Å². The summed E-state index contributed by atoms with van der Waals surface area (Å²) in [6.45, 7) is 1.91. The molecule has 1 aromatic carbocycles. The van der Waals surface area contributed by atoms with Crippen LogP contribution in [0.15, 0.2) is 41.3 Å². The molecule has 0 atom stereocenters. The van der Waals surface area contributed by atoms with Gasteiger partial charge in [0.05, 0.1) is 6.54 Å². The fourth-order valence-corrected chi connectivity index (χ4v) is 1.92. The number of benzene rings is 1. The number of rotatable bonds is 3. The van der Waals surface area contributed by atoms with E-state index in [0.717, 1.165) is 0 Å². The van der Waals surface area contributed by atoms with Gasteiger partial charge in [0.2, 0.25) is 0 Å². The molecule has 0 saturated heterocycles. The molecule has 0 amide bonds. The van der Waals surface area contributed by atoms with Crippen LogP contribution in [0.25, 0.3) is 0 Å². The first-order valence-electron chi connectivity index (χ1n) is 5.73. The number of nitrogens with two attached hydrogens (primary N) is 1. The van der Waals surface area contributed by atoms with Gasteiger partial charge in [-0.3, -0.25) is 4.79 Å². The molecule has 2 aromatic rings. The van der Waals surface area contributed by atoms with Crippen LogP contribution in [0.1, 0.15) is 16.7 Å². The smallest absolute Gasteiger partial charge is 0.253 e. The largest absolute Gasteiger partial charge is 0.389 e. The summed E-state index contributed by atoms with van der Waals surface area (Å²) < 4.78 is 15.4. The van der Waals surface area contributed by atoms with Gasteiger partial charge in [0.25, 0.3) is 5.56 Å². The van der Waals surface area contributed by atoms with Crippen LogP contribution in [-0.2, 0) is 6.54 Å². The summed E-state index contributed by atoms with van der Waals surface area (Å²) in [5.74, 6) is -0.418. The Morgan fingerprint density at radius 3 is 2.79 bits per heavy atom. The molecular weight excluding hydrogens is 263 g/mol. The van der Waals surface area contributed by atoms with E-state index in [1.807, 2.05) is 0 Å². The summed E-state index contributed by atoms with van der Waals surface area (Å²) in [6, 6.07) is 8.03. The third-order valence-corrected chi connectivity index (χ3v) is 3.12. The Morgan fingerprint density at radius 1 is 1.42 bits per heavy atom. The maximum absolute atomic E-state index is 13.9. The molecule has 0 radical (unpaired) electrons. The van der Waals surface area contributed by atoms with Crippen LogP contribution >= 0.6 is 12.2 Å². The van der Waals surface area contributed by atoms with Gasteiger partial charge in [0.15, 0.2) is 0 Å². The van der Waals surface area contributed by atoms with Crippen molar-refractivity contribution in [3.8, 4) is 0 Å². The second kappa shape index (κ2) is 5.32. The van der Waals surface area contributed by atoms with E-state index >= 15 is 0 Å². The first-order valence-corrected chi connectivity index (χ1v) is 6.14. The average molecular weight is 276 g/mol. The van der Waals surface area contributed by atoms with E-state index in [0.29, 0.717) is 16.7 Å². The number of aromatic nitrogens is 1. The Kier molecular flexibility index (Phi) is 3.76. The van der Waals surface area contributed by atoms with E-state index in [-0.39, 0.29) is 17.1 Å². The highest BCUT2D eigenvalue weighted by molar-refractivity contribution is 7.80. The summed E-state index contributed by atoms with van der Waals surface area (Å²) in [7, 11) is 0. The Balaban J connectivity index is 2.36. The molecule has 3 nitrogen and oxygen atoms in total. The summed E-state index contributed by atoms with van der Waals surface area (Å²) in [5, 5.41) is 0. The van der Waals surface area contributed by atoms with Gasteiger partial charge in [-0.1, -0.05) is 30.4 Å². The lowest BCUT2D eigenvalue weighted by atomic mass is 10.1. The Labute approximate surface area is 115 Å². The predicted molar refractivity (Wildman–Crippen MR) is 76.8 cm³/mol. The van der Waals surface area contributed by atoms with Gasteiger partial charge in [-0.25, -0.2) is 4.39 Å². The normalized spacial score (nSPS) is 10.4. The maximum Gasteiger partial charge on any atom is 0.253 e. The van der Waals surface area contributed by atoms with Crippen molar-refractivity contribution in [3.05, 3.63) is 69.4 Å². The highest BCUT2D eigenvalue weighted by atomic mass is 32.1. The molecule has 0 unspecified atom stereocenters. The third kappa shape index (κ3) is 2.88. The lowest BCUT2D eigenvalue weighted by molar-refractivity contribution is 0.595. The minimum atomic E-state index is -0.418. The van der Waals surface area contributed by atoms with Crippen LogP contribution in [0.5, 0.6) is 0 Å². The number of hydrogen-bond donors (Lipinski definition) is 1. The molecule has 1 aromatic heterocycles. The molecule has 0 aliphatic heterocycles. The molecule has 2 N–H and O–H groups in total. The second-order valence-corrected chi connectivity index (χ2v) is 4.73. The van der Waals surface area contributed by atoms with Gasteiger partial charge in [-0.15, -0.1) is 0 Å². The summed E-state index contributed by atoms with van der Waals surface area (Å²) in [5.41, 5.74) is 6.84. The van der Waals surface area contributed by atoms with Gasteiger partial charge in [0, 0.05) is 22.9 Å². The van der Waals surface area contributed by atoms with Crippen molar-refractivity contribution in [1.82, 2.24) is 4.57 Å². The van der Waals surface area contributed by atoms with Crippen molar-refractivity contribution < 1.29 is 4.39 Å².